The van der Waals surface area contributed by atoms with Crippen molar-refractivity contribution in [1.29, 1.82) is 0 Å². The Bertz CT molecular complexity index is 1370. The molecule has 7 nitrogen and oxygen atoms in total. The molecule has 3 N–H and O–H groups in total. The monoisotopic (exact) mass is 655 g/mol. The van der Waals surface area contributed by atoms with E-state index >= 15 is 0 Å². The maximum atomic E-state index is 13.4. The van der Waals surface area contributed by atoms with Crippen LogP contribution < -0.4 is 5.32 Å². The number of aromatic hydroxyl groups is 2. The van der Waals surface area contributed by atoms with E-state index in [-0.39, 0.29) is 17.9 Å². The summed E-state index contributed by atoms with van der Waals surface area (Å²) < 4.78 is 11.4. The molecule has 0 bridgehead atoms. The van der Waals surface area contributed by atoms with E-state index in [0.29, 0.717) is 25.1 Å². The van der Waals surface area contributed by atoms with E-state index in [1.807, 2.05) is 49.4 Å². The number of allylic oxidation sites excluding steroid dienone is 11. The lowest BCUT2D eigenvalue weighted by molar-refractivity contribution is -0.163. The van der Waals surface area contributed by atoms with Gasteiger partial charge in [0.25, 0.3) is 0 Å². The van der Waals surface area contributed by atoms with Gasteiger partial charge in [0.1, 0.15) is 12.1 Å². The number of nitrogens with one attached hydrogen (secondary N) is 1. The van der Waals surface area contributed by atoms with Gasteiger partial charge in [0.15, 0.2) is 11.5 Å². The second-order valence-electron chi connectivity index (χ2n) is 11.1. The summed E-state index contributed by atoms with van der Waals surface area (Å²) in [4.78, 5) is 26.1. The van der Waals surface area contributed by atoms with Gasteiger partial charge in [0.2, 0.25) is 0 Å². The van der Waals surface area contributed by atoms with Gasteiger partial charge < -0.3 is 19.7 Å². The van der Waals surface area contributed by atoms with Crippen molar-refractivity contribution in [2.75, 3.05) is 6.61 Å². The van der Waals surface area contributed by atoms with Gasteiger partial charge in [-0.25, -0.2) is 4.79 Å². The summed E-state index contributed by atoms with van der Waals surface area (Å²) in [6.45, 7) is 4.83. The second-order valence-corrected chi connectivity index (χ2v) is 11.1. The predicted molar refractivity (Wildman–Crippen MR) is 194 cm³/mol. The van der Waals surface area contributed by atoms with Crippen LogP contribution in [0.15, 0.2) is 121 Å². The van der Waals surface area contributed by atoms with Crippen LogP contribution in [0, 0.1) is 0 Å². The molecule has 0 radical (unpaired) electrons. The van der Waals surface area contributed by atoms with Crippen LogP contribution in [0.3, 0.4) is 0 Å². The summed E-state index contributed by atoms with van der Waals surface area (Å²) in [6, 6.07) is 12.8. The zero-order chi connectivity index (χ0) is 34.7. The summed E-state index contributed by atoms with van der Waals surface area (Å²) in [5.74, 6) is -2.07. The van der Waals surface area contributed by atoms with E-state index in [0.717, 1.165) is 50.5 Å². The molecule has 0 heterocycles. The number of hydrogen-bond donors (Lipinski definition) is 3. The fourth-order valence-corrected chi connectivity index (χ4v) is 4.51. The number of phenols is 2. The number of phenolic OH excluding ortho intramolecular Hbond substituents is 2. The minimum atomic E-state index is -1.06. The van der Waals surface area contributed by atoms with Crippen molar-refractivity contribution in [3.05, 3.63) is 133 Å². The summed E-state index contributed by atoms with van der Waals surface area (Å²) in [5.41, 5.74) is 1.40. The first-order valence-electron chi connectivity index (χ1n) is 17.0. The van der Waals surface area contributed by atoms with Crippen LogP contribution in [-0.4, -0.2) is 34.8 Å². The number of ether oxygens (including phenoxy) is 2. The molecule has 0 unspecified atom stereocenters. The molecule has 0 aliphatic carbocycles. The highest BCUT2D eigenvalue weighted by molar-refractivity contribution is 5.89. The first-order chi connectivity index (χ1) is 23.5. The third-order valence-electron chi connectivity index (χ3n) is 7.14. The van der Waals surface area contributed by atoms with Crippen molar-refractivity contribution in [2.24, 2.45) is 0 Å². The van der Waals surface area contributed by atoms with Crippen LogP contribution in [-0.2, 0) is 25.6 Å². The van der Waals surface area contributed by atoms with Crippen LogP contribution in [0.4, 0.5) is 0 Å². The highest BCUT2D eigenvalue weighted by Gasteiger charge is 2.33. The van der Waals surface area contributed by atoms with E-state index in [1.165, 1.54) is 12.1 Å². The fraction of sp³-hybridized carbons (Fsp3) is 0.366. The van der Waals surface area contributed by atoms with Crippen molar-refractivity contribution in [3.8, 4) is 11.5 Å². The minimum absolute atomic E-state index is 0.0524. The van der Waals surface area contributed by atoms with Gasteiger partial charge in [0, 0.05) is 13.2 Å². The standard InChI is InChI=1S/C41H53NO6/c1-3-5-7-8-9-10-11-12-13-14-15-16-17-18-19-20-21-25-28-38(45)48-41(46)39(42-33-34-26-23-22-24-27-34)40(47-31-6-4-2)35-29-30-36(43)37(44)32-35/h5,7,9-10,12-13,15-16,18-19,21-27,29-30,32,39-40,42-44H,3-4,6,8,11,14,17,20,28,31,33H2,1-2H3/b7-5-,10-9-,13-12-,16-15-,19-18-,25-21-/t39-,40+/m0/s1. The normalized spacial score (nSPS) is 13.5. The van der Waals surface area contributed by atoms with E-state index in [2.05, 4.69) is 66.9 Å². The SMILES string of the molecule is CC/C=C\C/C=C\C/C=C\C/C=C\C/C=C\C/C=C\CC(=O)OC(=O)[C@@H](NCc1ccccc1)[C@H](OCCCC)c1ccc(O)c(O)c1. The zero-order valence-corrected chi connectivity index (χ0v) is 28.5. The number of esters is 2. The molecule has 258 valence electrons. The Labute approximate surface area is 287 Å². The largest absolute Gasteiger partial charge is 0.504 e. The molecule has 0 aliphatic rings. The number of carbonyl (C=O) groups excluding carboxylic acids is 2. The molecular formula is C41H53NO6. The number of unbranched alkanes of at least 4 members (excludes halogenated alkanes) is 1. The topological polar surface area (TPSA) is 105 Å². The summed E-state index contributed by atoms with van der Waals surface area (Å²) in [7, 11) is 0. The molecule has 0 aromatic heterocycles. The Morgan fingerprint density at radius 2 is 1.29 bits per heavy atom. The first-order valence-corrected chi connectivity index (χ1v) is 17.0. The predicted octanol–water partition coefficient (Wildman–Crippen LogP) is 9.27. The molecule has 0 aliphatic heterocycles. The smallest absolute Gasteiger partial charge is 0.333 e. The van der Waals surface area contributed by atoms with E-state index in [4.69, 9.17) is 9.47 Å². The number of benzene rings is 2. The molecule has 2 aromatic carbocycles. The Morgan fingerprint density at radius 3 is 1.83 bits per heavy atom. The van der Waals surface area contributed by atoms with Crippen LogP contribution in [0.1, 0.15) is 88.9 Å². The highest BCUT2D eigenvalue weighted by Crippen LogP contribution is 2.31. The molecule has 2 rings (SSSR count). The van der Waals surface area contributed by atoms with Gasteiger partial charge >= 0.3 is 11.9 Å². The van der Waals surface area contributed by atoms with Gasteiger partial charge in [-0.05, 0) is 68.2 Å². The van der Waals surface area contributed by atoms with Gasteiger partial charge in [-0.15, -0.1) is 0 Å². The Morgan fingerprint density at radius 1 is 0.729 bits per heavy atom. The van der Waals surface area contributed by atoms with Crippen molar-refractivity contribution < 1.29 is 29.3 Å². The molecule has 2 atom stereocenters. The maximum absolute atomic E-state index is 13.4. The molecule has 2 aromatic rings. The molecular weight excluding hydrogens is 602 g/mol. The van der Waals surface area contributed by atoms with Crippen molar-refractivity contribution >= 4 is 11.9 Å². The van der Waals surface area contributed by atoms with Gasteiger partial charge in [-0.1, -0.05) is 130 Å². The third kappa shape index (κ3) is 17.5. The second kappa shape index (κ2) is 25.6. The minimum Gasteiger partial charge on any atom is -0.504 e. The number of carbonyl (C=O) groups is 2. The molecule has 0 amide bonds. The summed E-state index contributed by atoms with van der Waals surface area (Å²) >= 11 is 0. The molecule has 0 fully saturated rings. The van der Waals surface area contributed by atoms with Crippen molar-refractivity contribution in [2.45, 2.75) is 90.3 Å². The zero-order valence-electron chi connectivity index (χ0n) is 28.5. The van der Waals surface area contributed by atoms with Crippen molar-refractivity contribution in [3.63, 3.8) is 0 Å². The number of hydrogen-bond acceptors (Lipinski definition) is 7. The van der Waals surface area contributed by atoms with Crippen LogP contribution in [0.2, 0.25) is 0 Å². The lowest BCUT2D eigenvalue weighted by Crippen LogP contribution is -2.44. The number of rotatable bonds is 23. The van der Waals surface area contributed by atoms with Crippen LogP contribution in [0.25, 0.3) is 0 Å². The third-order valence-corrected chi connectivity index (χ3v) is 7.14. The first kappa shape index (κ1) is 39.7. The molecule has 0 spiro atoms. The molecule has 48 heavy (non-hydrogen) atoms. The van der Waals surface area contributed by atoms with Gasteiger partial charge in [0.05, 0.1) is 6.42 Å². The summed E-state index contributed by atoms with van der Waals surface area (Å²) in [5, 5.41) is 23.2. The van der Waals surface area contributed by atoms with E-state index in [1.54, 1.807) is 12.1 Å². The van der Waals surface area contributed by atoms with Crippen LogP contribution in [0.5, 0.6) is 11.5 Å². The average molecular weight is 656 g/mol. The molecule has 0 saturated carbocycles. The summed E-state index contributed by atoms with van der Waals surface area (Å²) in [6.07, 6.45) is 31.1. The fourth-order valence-electron chi connectivity index (χ4n) is 4.51. The van der Waals surface area contributed by atoms with Crippen LogP contribution >= 0.6 is 0 Å². The highest BCUT2D eigenvalue weighted by atomic mass is 16.6. The van der Waals surface area contributed by atoms with E-state index < -0.39 is 24.1 Å². The van der Waals surface area contributed by atoms with Gasteiger partial charge in [-0.2, -0.15) is 0 Å². The van der Waals surface area contributed by atoms with Crippen molar-refractivity contribution in [1.82, 2.24) is 5.32 Å². The Hall–Kier alpha value is -4.46. The lowest BCUT2D eigenvalue weighted by Gasteiger charge is -2.27. The molecule has 0 saturated heterocycles. The molecule has 7 heteroatoms. The maximum Gasteiger partial charge on any atom is 0.333 e. The quantitative estimate of drug-likeness (QED) is 0.0360. The van der Waals surface area contributed by atoms with E-state index in [9.17, 15) is 19.8 Å². The Kier molecular flexibility index (Phi) is 21.2. The Balaban J connectivity index is 1.88. The van der Waals surface area contributed by atoms with Gasteiger partial charge in [-0.3, -0.25) is 10.1 Å². The average Bonchev–Trinajstić information content (AvgIpc) is 3.08. The lowest BCUT2D eigenvalue weighted by atomic mass is 10.0.